The van der Waals surface area contributed by atoms with Gasteiger partial charge in [0.1, 0.15) is 6.54 Å². The van der Waals surface area contributed by atoms with Crippen LogP contribution >= 0.6 is 0 Å². The predicted octanol–water partition coefficient (Wildman–Crippen LogP) is 0.0803. The second-order valence-corrected chi connectivity index (χ2v) is 3.14. The van der Waals surface area contributed by atoms with Crippen molar-refractivity contribution in [2.75, 3.05) is 23.7 Å². The lowest BCUT2D eigenvalue weighted by Gasteiger charge is -2.06. The molecular weight excluding hydrogens is 210 g/mol. The minimum absolute atomic E-state index is 0.0713. The number of carboxylic acid groups (broad SMARTS) is 1. The minimum Gasteiger partial charge on any atom is -0.480 e. The Morgan fingerprint density at radius 1 is 1.06 bits per heavy atom. The van der Waals surface area contributed by atoms with Gasteiger partial charge in [-0.15, -0.1) is 0 Å². The van der Waals surface area contributed by atoms with Gasteiger partial charge in [-0.2, -0.15) is 0 Å². The van der Waals surface area contributed by atoms with Crippen molar-refractivity contribution in [3.63, 3.8) is 0 Å². The fourth-order valence-corrected chi connectivity index (χ4v) is 1.07. The van der Waals surface area contributed by atoms with Gasteiger partial charge in [0.25, 0.3) is 0 Å². The molecule has 1 aromatic carbocycles. The lowest BCUT2D eigenvalue weighted by Crippen LogP contribution is -2.21. The predicted molar refractivity (Wildman–Crippen MR) is 60.3 cm³/mol. The Kier molecular flexibility index (Phi) is 4.14. The van der Waals surface area contributed by atoms with Gasteiger partial charge >= 0.3 is 5.97 Å². The van der Waals surface area contributed by atoms with Crippen molar-refractivity contribution in [1.29, 1.82) is 0 Å². The molecule has 0 atom stereocenters. The lowest BCUT2D eigenvalue weighted by atomic mass is 10.2. The highest BCUT2D eigenvalue weighted by Crippen LogP contribution is 2.12. The van der Waals surface area contributed by atoms with E-state index in [-0.39, 0.29) is 13.1 Å². The quantitative estimate of drug-likeness (QED) is 0.546. The van der Waals surface area contributed by atoms with E-state index in [0.717, 1.165) is 5.69 Å². The molecule has 0 unspecified atom stereocenters. The first-order valence-electron chi connectivity index (χ1n) is 4.66. The number of nitrogens with one attached hydrogen (secondary N) is 2. The van der Waals surface area contributed by atoms with Crippen LogP contribution < -0.4 is 16.4 Å². The van der Waals surface area contributed by atoms with Crippen LogP contribution in [-0.4, -0.2) is 30.1 Å². The molecule has 0 spiro atoms. The Morgan fingerprint density at radius 2 is 1.50 bits per heavy atom. The molecule has 0 aliphatic rings. The van der Waals surface area contributed by atoms with E-state index in [2.05, 4.69) is 10.6 Å². The average molecular weight is 223 g/mol. The zero-order valence-corrected chi connectivity index (χ0v) is 8.56. The molecule has 16 heavy (non-hydrogen) atoms. The van der Waals surface area contributed by atoms with E-state index >= 15 is 0 Å². The molecule has 0 saturated heterocycles. The summed E-state index contributed by atoms with van der Waals surface area (Å²) in [6.07, 6.45) is 0. The third-order valence-electron chi connectivity index (χ3n) is 1.80. The molecule has 6 nitrogen and oxygen atoms in total. The summed E-state index contributed by atoms with van der Waals surface area (Å²) < 4.78 is 0. The second kappa shape index (κ2) is 5.59. The number of benzene rings is 1. The Hall–Kier alpha value is -2.24. The van der Waals surface area contributed by atoms with E-state index < -0.39 is 11.9 Å². The molecule has 1 aromatic rings. The molecule has 86 valence electrons. The van der Waals surface area contributed by atoms with E-state index in [0.29, 0.717) is 5.69 Å². The summed E-state index contributed by atoms with van der Waals surface area (Å²) in [5.74, 6) is -1.36. The molecule has 0 heterocycles. The number of nitrogens with two attached hydrogens (primary N) is 1. The highest BCUT2D eigenvalue weighted by Gasteiger charge is 1.98. The summed E-state index contributed by atoms with van der Waals surface area (Å²) in [5, 5.41) is 14.0. The molecule has 0 aromatic heterocycles. The fourth-order valence-electron chi connectivity index (χ4n) is 1.07. The van der Waals surface area contributed by atoms with Crippen LogP contribution in [0, 0.1) is 0 Å². The molecule has 5 N–H and O–H groups in total. The van der Waals surface area contributed by atoms with Crippen molar-refractivity contribution in [3.8, 4) is 0 Å². The summed E-state index contributed by atoms with van der Waals surface area (Å²) in [6, 6.07) is 6.89. The van der Waals surface area contributed by atoms with E-state index in [4.69, 9.17) is 10.8 Å². The first kappa shape index (κ1) is 11.8. The Labute approximate surface area is 92.4 Å². The first-order chi connectivity index (χ1) is 7.58. The Bertz CT molecular complexity index is 338. The largest absolute Gasteiger partial charge is 0.480 e. The van der Waals surface area contributed by atoms with Crippen LogP contribution in [0.3, 0.4) is 0 Å². The maximum Gasteiger partial charge on any atom is 0.322 e. The summed E-state index contributed by atoms with van der Waals surface area (Å²) in [5.41, 5.74) is 6.42. The number of rotatable bonds is 6. The van der Waals surface area contributed by atoms with Gasteiger partial charge in [0, 0.05) is 11.4 Å². The van der Waals surface area contributed by atoms with Crippen molar-refractivity contribution >= 4 is 23.3 Å². The second-order valence-electron chi connectivity index (χ2n) is 3.14. The number of amides is 1. The van der Waals surface area contributed by atoms with E-state index in [1.54, 1.807) is 24.3 Å². The van der Waals surface area contributed by atoms with Gasteiger partial charge in [-0.25, -0.2) is 0 Å². The maximum absolute atomic E-state index is 10.5. The highest BCUT2D eigenvalue weighted by molar-refractivity contribution is 5.79. The third kappa shape index (κ3) is 4.32. The molecule has 0 radical (unpaired) electrons. The van der Waals surface area contributed by atoms with Crippen molar-refractivity contribution < 1.29 is 14.7 Å². The van der Waals surface area contributed by atoms with Crippen molar-refractivity contribution in [3.05, 3.63) is 24.3 Å². The lowest BCUT2D eigenvalue weighted by molar-refractivity contribution is -0.135. The molecule has 0 saturated carbocycles. The van der Waals surface area contributed by atoms with E-state index in [1.165, 1.54) is 0 Å². The number of hydrogen-bond donors (Lipinski definition) is 4. The van der Waals surface area contributed by atoms with Gasteiger partial charge in [-0.1, -0.05) is 0 Å². The molecule has 6 heteroatoms. The zero-order chi connectivity index (χ0) is 12.0. The molecule has 0 fully saturated rings. The fraction of sp³-hybridized carbons (Fsp3) is 0.200. The van der Waals surface area contributed by atoms with Crippen molar-refractivity contribution in [2.24, 2.45) is 5.73 Å². The van der Waals surface area contributed by atoms with Gasteiger partial charge in [0.2, 0.25) is 5.91 Å². The maximum atomic E-state index is 10.5. The standard InChI is InChI=1S/C10H13N3O3/c11-9(14)5-12-7-1-3-8(4-2-7)13-6-10(15)16/h1-4,12-13H,5-6H2,(H2,11,14)(H,15,16). The normalized spacial score (nSPS) is 9.50. The third-order valence-corrected chi connectivity index (χ3v) is 1.80. The molecule has 0 bridgehead atoms. The number of primary amides is 1. The van der Waals surface area contributed by atoms with Gasteiger partial charge in [-0.3, -0.25) is 9.59 Å². The van der Waals surface area contributed by atoms with Crippen molar-refractivity contribution in [1.82, 2.24) is 0 Å². The average Bonchev–Trinajstić information content (AvgIpc) is 2.25. The van der Waals surface area contributed by atoms with Crippen LogP contribution in [0.15, 0.2) is 24.3 Å². The van der Waals surface area contributed by atoms with Gasteiger partial charge in [0.15, 0.2) is 0 Å². The van der Waals surface area contributed by atoms with Crippen LogP contribution in [0.5, 0.6) is 0 Å². The number of carboxylic acids is 1. The number of hydrogen-bond acceptors (Lipinski definition) is 4. The highest BCUT2D eigenvalue weighted by atomic mass is 16.4. The van der Waals surface area contributed by atoms with Crippen LogP contribution in [0.4, 0.5) is 11.4 Å². The van der Waals surface area contributed by atoms with Gasteiger partial charge < -0.3 is 21.5 Å². The summed E-state index contributed by atoms with van der Waals surface area (Å²) >= 11 is 0. The van der Waals surface area contributed by atoms with Gasteiger partial charge in [0.05, 0.1) is 6.54 Å². The number of anilines is 2. The van der Waals surface area contributed by atoms with Crippen LogP contribution in [0.1, 0.15) is 0 Å². The first-order valence-corrected chi connectivity index (χ1v) is 4.66. The van der Waals surface area contributed by atoms with Crippen molar-refractivity contribution in [2.45, 2.75) is 0 Å². The Morgan fingerprint density at radius 3 is 1.88 bits per heavy atom. The van der Waals surface area contributed by atoms with E-state index in [9.17, 15) is 9.59 Å². The molecule has 1 rings (SSSR count). The number of carbonyl (C=O) groups is 2. The Balaban J connectivity index is 2.47. The monoisotopic (exact) mass is 223 g/mol. The van der Waals surface area contributed by atoms with Crippen LogP contribution in [0.25, 0.3) is 0 Å². The van der Waals surface area contributed by atoms with Crippen LogP contribution in [0.2, 0.25) is 0 Å². The summed E-state index contributed by atoms with van der Waals surface area (Å²) in [4.78, 5) is 20.8. The zero-order valence-electron chi connectivity index (χ0n) is 8.56. The van der Waals surface area contributed by atoms with Gasteiger partial charge in [-0.05, 0) is 24.3 Å². The van der Waals surface area contributed by atoms with E-state index in [1.807, 2.05) is 0 Å². The summed E-state index contributed by atoms with van der Waals surface area (Å²) in [7, 11) is 0. The molecule has 1 amide bonds. The smallest absolute Gasteiger partial charge is 0.322 e. The molecule has 0 aliphatic heterocycles. The number of aliphatic carboxylic acids is 1. The molecule has 0 aliphatic carbocycles. The SMILES string of the molecule is NC(=O)CNc1ccc(NCC(=O)O)cc1. The summed E-state index contributed by atoms with van der Waals surface area (Å²) in [6.45, 7) is -0.0596. The number of carbonyl (C=O) groups excluding carboxylic acids is 1. The molecular formula is C10H13N3O3. The topological polar surface area (TPSA) is 104 Å². The van der Waals surface area contributed by atoms with Crippen LogP contribution in [-0.2, 0) is 9.59 Å². The minimum atomic E-state index is -0.920.